The minimum atomic E-state index is 1.19. The lowest BCUT2D eigenvalue weighted by Crippen LogP contribution is -2.43. The Hall–Kier alpha value is -0.0800. The molecule has 2 heteroatoms. The Balaban J connectivity index is 1.91. The predicted octanol–water partition coefficient (Wildman–Crippen LogP) is 1.47. The Bertz CT molecular complexity index is 98.0. The lowest BCUT2D eigenvalue weighted by atomic mass is 10.2. The molecule has 0 aromatic heterocycles. The average Bonchev–Trinajstić information content (AvgIpc) is 2.14. The third-order valence-electron chi connectivity index (χ3n) is 2.54. The highest BCUT2D eigenvalue weighted by Gasteiger charge is 2.07. The minimum Gasteiger partial charge on any atom is -0.314 e. The predicted molar refractivity (Wildman–Crippen MR) is 53.5 cm³/mol. The number of rotatable bonds is 5. The molecule has 0 unspecified atom stereocenters. The molecule has 0 amide bonds. The third-order valence-corrected chi connectivity index (χ3v) is 2.54. The van der Waals surface area contributed by atoms with Crippen molar-refractivity contribution in [2.24, 2.45) is 0 Å². The quantitative estimate of drug-likeness (QED) is 0.629. The molecule has 1 aliphatic heterocycles. The number of nitrogens with one attached hydrogen (secondary N) is 1. The summed E-state index contributed by atoms with van der Waals surface area (Å²) in [4.78, 5) is 2.58. The molecular weight excluding hydrogens is 148 g/mol. The summed E-state index contributed by atoms with van der Waals surface area (Å²) in [6.45, 7) is 8.48. The number of nitrogens with zero attached hydrogens (tertiary/aromatic N) is 1. The molecule has 1 fully saturated rings. The maximum absolute atomic E-state index is 3.37. The SMILES string of the molecule is CCCCCCN1CCNCC1. The van der Waals surface area contributed by atoms with Crippen molar-refractivity contribution in [3.05, 3.63) is 0 Å². The van der Waals surface area contributed by atoms with E-state index in [0.717, 1.165) is 0 Å². The Morgan fingerprint density at radius 3 is 2.50 bits per heavy atom. The smallest absolute Gasteiger partial charge is 0.0107 e. The van der Waals surface area contributed by atoms with Crippen LogP contribution in [0, 0.1) is 0 Å². The van der Waals surface area contributed by atoms with E-state index in [1.807, 2.05) is 0 Å². The molecular formula is C10H22N2. The van der Waals surface area contributed by atoms with Gasteiger partial charge >= 0.3 is 0 Å². The first-order valence-corrected chi connectivity index (χ1v) is 5.36. The molecule has 0 saturated carbocycles. The summed E-state index contributed by atoms with van der Waals surface area (Å²) in [6, 6.07) is 0. The zero-order valence-electron chi connectivity index (χ0n) is 8.31. The fraction of sp³-hybridized carbons (Fsp3) is 1.00. The van der Waals surface area contributed by atoms with Gasteiger partial charge in [-0.1, -0.05) is 26.2 Å². The van der Waals surface area contributed by atoms with Gasteiger partial charge in [0.25, 0.3) is 0 Å². The molecule has 1 aliphatic rings. The maximum atomic E-state index is 3.37. The summed E-state index contributed by atoms with van der Waals surface area (Å²) in [5, 5.41) is 3.37. The molecule has 0 aromatic carbocycles. The van der Waals surface area contributed by atoms with E-state index in [1.165, 1.54) is 58.4 Å². The molecule has 0 aromatic rings. The highest BCUT2D eigenvalue weighted by atomic mass is 15.2. The minimum absolute atomic E-state index is 1.19. The summed E-state index contributed by atoms with van der Waals surface area (Å²) >= 11 is 0. The summed E-state index contributed by atoms with van der Waals surface area (Å²) in [5.41, 5.74) is 0. The summed E-state index contributed by atoms with van der Waals surface area (Å²) in [6.07, 6.45) is 5.57. The largest absolute Gasteiger partial charge is 0.314 e. The summed E-state index contributed by atoms with van der Waals surface area (Å²) in [5.74, 6) is 0. The van der Waals surface area contributed by atoms with Crippen LogP contribution in [0.2, 0.25) is 0 Å². The van der Waals surface area contributed by atoms with Gasteiger partial charge in [0.2, 0.25) is 0 Å². The first kappa shape index (κ1) is 10.0. The van der Waals surface area contributed by atoms with E-state index >= 15 is 0 Å². The van der Waals surface area contributed by atoms with Crippen molar-refractivity contribution in [1.29, 1.82) is 0 Å². The van der Waals surface area contributed by atoms with Gasteiger partial charge in [0.05, 0.1) is 0 Å². The molecule has 1 N–H and O–H groups in total. The summed E-state index contributed by atoms with van der Waals surface area (Å²) in [7, 11) is 0. The standard InChI is InChI=1S/C10H22N2/c1-2-3-4-5-8-12-9-6-11-7-10-12/h11H,2-10H2,1H3. The van der Waals surface area contributed by atoms with Crippen LogP contribution in [0.25, 0.3) is 0 Å². The number of hydrogen-bond acceptors (Lipinski definition) is 2. The monoisotopic (exact) mass is 170 g/mol. The molecule has 1 saturated heterocycles. The van der Waals surface area contributed by atoms with E-state index in [2.05, 4.69) is 17.1 Å². The summed E-state index contributed by atoms with van der Waals surface area (Å²) < 4.78 is 0. The van der Waals surface area contributed by atoms with Gasteiger partial charge in [-0.05, 0) is 13.0 Å². The van der Waals surface area contributed by atoms with Crippen LogP contribution in [0.1, 0.15) is 32.6 Å². The Kier molecular flexibility index (Phi) is 5.37. The molecule has 1 rings (SSSR count). The van der Waals surface area contributed by atoms with Crippen LogP contribution in [0.4, 0.5) is 0 Å². The molecule has 1 heterocycles. The molecule has 0 aliphatic carbocycles. The van der Waals surface area contributed by atoms with Crippen LogP contribution in [-0.2, 0) is 0 Å². The molecule has 72 valence electrons. The van der Waals surface area contributed by atoms with Gasteiger partial charge in [-0.15, -0.1) is 0 Å². The van der Waals surface area contributed by atoms with Gasteiger partial charge in [0.15, 0.2) is 0 Å². The van der Waals surface area contributed by atoms with Gasteiger partial charge in [-0.3, -0.25) is 0 Å². The fourth-order valence-electron chi connectivity index (χ4n) is 1.70. The van der Waals surface area contributed by atoms with E-state index in [-0.39, 0.29) is 0 Å². The van der Waals surface area contributed by atoms with Crippen molar-refractivity contribution < 1.29 is 0 Å². The van der Waals surface area contributed by atoms with E-state index in [1.54, 1.807) is 0 Å². The van der Waals surface area contributed by atoms with Crippen LogP contribution in [0.15, 0.2) is 0 Å². The first-order valence-electron chi connectivity index (χ1n) is 5.36. The van der Waals surface area contributed by atoms with Crippen LogP contribution >= 0.6 is 0 Å². The van der Waals surface area contributed by atoms with Gasteiger partial charge in [0, 0.05) is 26.2 Å². The highest BCUT2D eigenvalue weighted by Crippen LogP contribution is 2.01. The van der Waals surface area contributed by atoms with Crippen LogP contribution in [0.3, 0.4) is 0 Å². The second kappa shape index (κ2) is 6.44. The van der Waals surface area contributed by atoms with Gasteiger partial charge in [0.1, 0.15) is 0 Å². The van der Waals surface area contributed by atoms with Gasteiger partial charge in [-0.2, -0.15) is 0 Å². The topological polar surface area (TPSA) is 15.3 Å². The van der Waals surface area contributed by atoms with Crippen LogP contribution < -0.4 is 5.32 Å². The zero-order chi connectivity index (χ0) is 8.65. The molecule has 2 nitrogen and oxygen atoms in total. The lowest BCUT2D eigenvalue weighted by Gasteiger charge is -2.26. The van der Waals surface area contributed by atoms with Crippen molar-refractivity contribution in [2.45, 2.75) is 32.6 Å². The average molecular weight is 170 g/mol. The molecule has 0 bridgehead atoms. The fourth-order valence-corrected chi connectivity index (χ4v) is 1.70. The normalized spacial score (nSPS) is 19.8. The van der Waals surface area contributed by atoms with Crippen molar-refractivity contribution in [3.63, 3.8) is 0 Å². The van der Waals surface area contributed by atoms with Crippen molar-refractivity contribution in [1.82, 2.24) is 10.2 Å². The van der Waals surface area contributed by atoms with E-state index in [9.17, 15) is 0 Å². The third kappa shape index (κ3) is 4.07. The Morgan fingerprint density at radius 1 is 1.08 bits per heavy atom. The molecule has 0 spiro atoms. The number of hydrogen-bond donors (Lipinski definition) is 1. The highest BCUT2D eigenvalue weighted by molar-refractivity contribution is 4.66. The number of piperazine rings is 1. The zero-order valence-corrected chi connectivity index (χ0v) is 8.31. The van der Waals surface area contributed by atoms with Crippen molar-refractivity contribution in [2.75, 3.05) is 32.7 Å². The first-order chi connectivity index (χ1) is 5.93. The Morgan fingerprint density at radius 2 is 1.83 bits per heavy atom. The maximum Gasteiger partial charge on any atom is 0.0107 e. The van der Waals surface area contributed by atoms with Crippen LogP contribution in [0.5, 0.6) is 0 Å². The van der Waals surface area contributed by atoms with E-state index in [0.29, 0.717) is 0 Å². The van der Waals surface area contributed by atoms with Crippen LogP contribution in [-0.4, -0.2) is 37.6 Å². The molecule has 0 atom stereocenters. The second-order valence-electron chi connectivity index (χ2n) is 3.65. The van der Waals surface area contributed by atoms with Gasteiger partial charge < -0.3 is 10.2 Å². The van der Waals surface area contributed by atoms with E-state index in [4.69, 9.17) is 0 Å². The second-order valence-corrected chi connectivity index (χ2v) is 3.65. The molecule has 12 heavy (non-hydrogen) atoms. The number of unbranched alkanes of at least 4 members (excludes halogenated alkanes) is 3. The van der Waals surface area contributed by atoms with E-state index < -0.39 is 0 Å². The van der Waals surface area contributed by atoms with Crippen molar-refractivity contribution >= 4 is 0 Å². The lowest BCUT2D eigenvalue weighted by molar-refractivity contribution is 0.236. The van der Waals surface area contributed by atoms with Crippen molar-refractivity contribution in [3.8, 4) is 0 Å². The Labute approximate surface area is 76.3 Å². The van der Waals surface area contributed by atoms with Gasteiger partial charge in [-0.25, -0.2) is 0 Å². The molecule has 0 radical (unpaired) electrons.